The molecular weight excluding hydrogens is 295 g/mol. The van der Waals surface area contributed by atoms with Gasteiger partial charge in [-0.05, 0) is 37.5 Å². The number of hydrogen-bond donors (Lipinski definition) is 1. The maximum Gasteiger partial charge on any atom is 0.254 e. The maximum absolute atomic E-state index is 13.8. The van der Waals surface area contributed by atoms with Crippen molar-refractivity contribution in [3.05, 3.63) is 35.1 Å². The summed E-state index contributed by atoms with van der Waals surface area (Å²) >= 11 is 0. The molecule has 0 unspecified atom stereocenters. The summed E-state index contributed by atoms with van der Waals surface area (Å²) in [4.78, 5) is 26.2. The number of aryl methyl sites for hydroxylation is 1. The Kier molecular flexibility index (Phi) is 4.64. The molecule has 0 radical (unpaired) electrons. The molecule has 5 heteroatoms. The molecule has 1 N–H and O–H groups in total. The van der Waals surface area contributed by atoms with Gasteiger partial charge in [0.1, 0.15) is 5.82 Å². The average molecular weight is 318 g/mol. The number of rotatable bonds is 4. The number of amides is 2. The topological polar surface area (TPSA) is 49.4 Å². The number of nitrogens with zero attached hydrogens (tertiary/aromatic N) is 1. The lowest BCUT2D eigenvalue weighted by molar-refractivity contribution is -0.129. The normalized spacial score (nSPS) is 21.9. The fourth-order valence-electron chi connectivity index (χ4n) is 3.65. The molecule has 1 aliphatic heterocycles. The number of halogens is 1. The molecular formula is C18H23FN2O2. The van der Waals surface area contributed by atoms with Crippen LogP contribution < -0.4 is 5.32 Å². The van der Waals surface area contributed by atoms with Crippen molar-refractivity contribution in [3.63, 3.8) is 0 Å². The highest BCUT2D eigenvalue weighted by atomic mass is 19.1. The third-order valence-electron chi connectivity index (χ3n) is 4.92. The number of likely N-dealkylation sites (tertiary alicyclic amines) is 1. The van der Waals surface area contributed by atoms with Crippen molar-refractivity contribution in [2.24, 2.45) is 5.92 Å². The molecule has 1 saturated heterocycles. The summed E-state index contributed by atoms with van der Waals surface area (Å²) in [6.07, 6.45) is 5.07. The van der Waals surface area contributed by atoms with Crippen LogP contribution in [0.3, 0.4) is 0 Å². The van der Waals surface area contributed by atoms with E-state index in [1.165, 1.54) is 25.0 Å². The third-order valence-corrected chi connectivity index (χ3v) is 4.92. The molecule has 124 valence electrons. The van der Waals surface area contributed by atoms with E-state index in [0.717, 1.165) is 18.4 Å². The molecule has 1 atom stereocenters. The standard InChI is InChI=1S/C18H23FN2O2/c1-12-6-7-15(16(19)8-12)18(23)20-10-13-9-17(22)21(11-13)14-4-2-3-5-14/h6-8,13-14H,2-5,9-11H2,1H3,(H,20,23)/t13-/m0/s1. The predicted octanol–water partition coefficient (Wildman–Crippen LogP) is 2.66. The van der Waals surface area contributed by atoms with Gasteiger partial charge in [-0.25, -0.2) is 4.39 Å². The van der Waals surface area contributed by atoms with Gasteiger partial charge in [0, 0.05) is 31.5 Å². The van der Waals surface area contributed by atoms with Gasteiger partial charge < -0.3 is 10.2 Å². The van der Waals surface area contributed by atoms with Crippen molar-refractivity contribution < 1.29 is 14.0 Å². The van der Waals surface area contributed by atoms with Crippen LogP contribution in [-0.2, 0) is 4.79 Å². The van der Waals surface area contributed by atoms with Crippen molar-refractivity contribution in [2.45, 2.75) is 45.1 Å². The van der Waals surface area contributed by atoms with Gasteiger partial charge in [0.2, 0.25) is 5.91 Å². The molecule has 2 fully saturated rings. The molecule has 23 heavy (non-hydrogen) atoms. The van der Waals surface area contributed by atoms with Crippen LogP contribution in [0.25, 0.3) is 0 Å². The van der Waals surface area contributed by atoms with E-state index in [0.29, 0.717) is 25.6 Å². The Labute approximate surface area is 136 Å². The first-order chi connectivity index (χ1) is 11.0. The van der Waals surface area contributed by atoms with Crippen LogP contribution >= 0.6 is 0 Å². The summed E-state index contributed by atoms with van der Waals surface area (Å²) in [6.45, 7) is 2.91. The number of nitrogens with one attached hydrogen (secondary N) is 1. The second-order valence-corrected chi connectivity index (χ2v) is 6.75. The molecule has 1 aliphatic carbocycles. The Morgan fingerprint density at radius 3 is 2.78 bits per heavy atom. The Morgan fingerprint density at radius 2 is 2.09 bits per heavy atom. The number of carbonyl (C=O) groups excluding carboxylic acids is 2. The van der Waals surface area contributed by atoms with Crippen LogP contribution in [-0.4, -0.2) is 35.8 Å². The van der Waals surface area contributed by atoms with E-state index in [4.69, 9.17) is 0 Å². The number of carbonyl (C=O) groups is 2. The molecule has 1 heterocycles. The lowest BCUT2D eigenvalue weighted by Gasteiger charge is -2.24. The Balaban J connectivity index is 1.54. The average Bonchev–Trinajstić information content (AvgIpc) is 3.14. The summed E-state index contributed by atoms with van der Waals surface area (Å²) in [7, 11) is 0. The second-order valence-electron chi connectivity index (χ2n) is 6.75. The van der Waals surface area contributed by atoms with Gasteiger partial charge in [-0.1, -0.05) is 18.9 Å². The van der Waals surface area contributed by atoms with E-state index in [2.05, 4.69) is 5.32 Å². The smallest absolute Gasteiger partial charge is 0.254 e. The van der Waals surface area contributed by atoms with E-state index < -0.39 is 11.7 Å². The third kappa shape index (κ3) is 3.54. The number of benzene rings is 1. The molecule has 0 spiro atoms. The maximum atomic E-state index is 13.8. The zero-order valence-electron chi connectivity index (χ0n) is 13.5. The molecule has 0 bridgehead atoms. The summed E-state index contributed by atoms with van der Waals surface area (Å²) in [5.74, 6) is -0.593. The minimum Gasteiger partial charge on any atom is -0.352 e. The molecule has 0 aromatic heterocycles. The van der Waals surface area contributed by atoms with Crippen LogP contribution in [0.2, 0.25) is 0 Å². The molecule has 1 saturated carbocycles. The van der Waals surface area contributed by atoms with Gasteiger partial charge in [0.05, 0.1) is 5.56 Å². The van der Waals surface area contributed by atoms with E-state index in [9.17, 15) is 14.0 Å². The second kappa shape index (κ2) is 6.69. The van der Waals surface area contributed by atoms with Crippen molar-refractivity contribution in [1.29, 1.82) is 0 Å². The zero-order valence-corrected chi connectivity index (χ0v) is 13.5. The van der Waals surface area contributed by atoms with Crippen LogP contribution in [0.4, 0.5) is 4.39 Å². The summed E-state index contributed by atoms with van der Waals surface area (Å²) in [5, 5.41) is 2.78. The van der Waals surface area contributed by atoms with Crippen molar-refractivity contribution in [1.82, 2.24) is 10.2 Å². The molecule has 3 rings (SSSR count). The first kappa shape index (κ1) is 16.0. The van der Waals surface area contributed by atoms with Gasteiger partial charge in [-0.3, -0.25) is 9.59 Å². The van der Waals surface area contributed by atoms with Crippen molar-refractivity contribution >= 4 is 11.8 Å². The Bertz CT molecular complexity index is 611. The van der Waals surface area contributed by atoms with Gasteiger partial charge in [0.25, 0.3) is 5.91 Å². The first-order valence-electron chi connectivity index (χ1n) is 8.38. The quantitative estimate of drug-likeness (QED) is 0.928. The molecule has 2 amide bonds. The van der Waals surface area contributed by atoms with Crippen LogP contribution in [0.15, 0.2) is 18.2 Å². The highest BCUT2D eigenvalue weighted by Crippen LogP contribution is 2.29. The van der Waals surface area contributed by atoms with E-state index in [1.807, 2.05) is 4.90 Å². The fraction of sp³-hybridized carbons (Fsp3) is 0.556. The minimum absolute atomic E-state index is 0.0626. The van der Waals surface area contributed by atoms with E-state index >= 15 is 0 Å². The fourth-order valence-corrected chi connectivity index (χ4v) is 3.65. The first-order valence-corrected chi connectivity index (χ1v) is 8.38. The zero-order chi connectivity index (χ0) is 16.4. The van der Waals surface area contributed by atoms with Gasteiger partial charge in [0.15, 0.2) is 0 Å². The Hall–Kier alpha value is -1.91. The summed E-state index contributed by atoms with van der Waals surface area (Å²) < 4.78 is 13.8. The lowest BCUT2D eigenvalue weighted by Crippen LogP contribution is -2.36. The van der Waals surface area contributed by atoms with E-state index in [-0.39, 0.29) is 17.4 Å². The molecule has 2 aliphatic rings. The van der Waals surface area contributed by atoms with Crippen LogP contribution in [0.1, 0.15) is 48.0 Å². The Morgan fingerprint density at radius 1 is 1.35 bits per heavy atom. The predicted molar refractivity (Wildman–Crippen MR) is 85.5 cm³/mol. The molecule has 1 aromatic rings. The summed E-state index contributed by atoms with van der Waals surface area (Å²) in [5.41, 5.74) is 0.847. The SMILES string of the molecule is Cc1ccc(C(=O)NC[C@@H]2CC(=O)N(C3CCCC3)C2)c(F)c1. The van der Waals surface area contributed by atoms with Crippen LogP contribution in [0, 0.1) is 18.7 Å². The minimum atomic E-state index is -0.502. The summed E-state index contributed by atoms with van der Waals surface area (Å²) in [6, 6.07) is 4.97. The van der Waals surface area contributed by atoms with E-state index in [1.54, 1.807) is 13.0 Å². The molecule has 1 aromatic carbocycles. The van der Waals surface area contributed by atoms with Crippen molar-refractivity contribution in [2.75, 3.05) is 13.1 Å². The monoisotopic (exact) mass is 318 g/mol. The van der Waals surface area contributed by atoms with Gasteiger partial charge >= 0.3 is 0 Å². The largest absolute Gasteiger partial charge is 0.352 e. The highest BCUT2D eigenvalue weighted by molar-refractivity contribution is 5.94. The number of hydrogen-bond acceptors (Lipinski definition) is 2. The van der Waals surface area contributed by atoms with Crippen LogP contribution in [0.5, 0.6) is 0 Å². The molecule has 4 nitrogen and oxygen atoms in total. The van der Waals surface area contributed by atoms with Crippen molar-refractivity contribution in [3.8, 4) is 0 Å². The lowest BCUT2D eigenvalue weighted by atomic mass is 10.1. The van der Waals surface area contributed by atoms with Gasteiger partial charge in [-0.2, -0.15) is 0 Å². The highest BCUT2D eigenvalue weighted by Gasteiger charge is 2.35. The van der Waals surface area contributed by atoms with Gasteiger partial charge in [-0.15, -0.1) is 0 Å².